The molecule has 0 aliphatic rings. The number of thioether (sulfide) groups is 1. The Bertz CT molecular complexity index is 198. The van der Waals surface area contributed by atoms with Crippen molar-refractivity contribution >= 4 is 23.6 Å². The molecule has 0 bridgehead atoms. The van der Waals surface area contributed by atoms with Crippen LogP contribution in [-0.4, -0.2) is 48.2 Å². The number of rotatable bonds is 7. The van der Waals surface area contributed by atoms with Crippen LogP contribution in [0, 0.1) is 0 Å². The number of hydrogen-bond acceptors (Lipinski definition) is 4. The van der Waals surface area contributed by atoms with Gasteiger partial charge in [-0.1, -0.05) is 0 Å². The van der Waals surface area contributed by atoms with Crippen molar-refractivity contribution in [3.05, 3.63) is 0 Å². The van der Waals surface area contributed by atoms with Crippen molar-refractivity contribution < 1.29 is 19.4 Å². The number of carbonyl (C=O) groups is 2. The molecular formula is C8H15NO4S. The molecule has 0 aliphatic carbocycles. The van der Waals surface area contributed by atoms with Crippen LogP contribution in [0.2, 0.25) is 0 Å². The fraction of sp³-hybridized carbons (Fsp3) is 0.750. The first-order valence-electron chi connectivity index (χ1n) is 4.14. The van der Waals surface area contributed by atoms with Gasteiger partial charge in [0.1, 0.15) is 6.04 Å². The molecule has 0 aromatic carbocycles. The summed E-state index contributed by atoms with van der Waals surface area (Å²) in [5.41, 5.74) is 0. The Kier molecular flexibility index (Phi) is 7.23. The second-order valence-electron chi connectivity index (χ2n) is 2.66. The zero-order chi connectivity index (χ0) is 11.0. The molecule has 82 valence electrons. The summed E-state index contributed by atoms with van der Waals surface area (Å²) in [6, 6.07) is -0.811. The van der Waals surface area contributed by atoms with Crippen molar-refractivity contribution in [3.63, 3.8) is 0 Å². The number of amides is 1. The van der Waals surface area contributed by atoms with E-state index in [0.717, 1.165) is 5.75 Å². The van der Waals surface area contributed by atoms with E-state index in [1.807, 2.05) is 0 Å². The molecule has 0 aromatic heterocycles. The van der Waals surface area contributed by atoms with E-state index in [9.17, 15) is 9.59 Å². The fourth-order valence-corrected chi connectivity index (χ4v) is 1.68. The highest BCUT2D eigenvalue weighted by atomic mass is 32.2. The summed E-state index contributed by atoms with van der Waals surface area (Å²) in [7, 11) is 1.59. The van der Waals surface area contributed by atoms with Crippen LogP contribution in [0.3, 0.4) is 0 Å². The van der Waals surface area contributed by atoms with Gasteiger partial charge in [0.15, 0.2) is 0 Å². The van der Waals surface area contributed by atoms with Gasteiger partial charge in [-0.15, -0.1) is 0 Å². The monoisotopic (exact) mass is 221 g/mol. The first kappa shape index (κ1) is 13.2. The Balaban J connectivity index is 3.74. The Morgan fingerprint density at radius 1 is 1.57 bits per heavy atom. The summed E-state index contributed by atoms with van der Waals surface area (Å²) in [4.78, 5) is 21.3. The van der Waals surface area contributed by atoms with Crippen LogP contribution in [0.4, 0.5) is 0 Å². The number of carboxylic acids is 1. The molecule has 0 saturated heterocycles. The average molecular weight is 221 g/mol. The smallest absolute Gasteiger partial charge is 0.327 e. The van der Waals surface area contributed by atoms with E-state index >= 15 is 0 Å². The average Bonchev–Trinajstić information content (AvgIpc) is 2.09. The highest BCUT2D eigenvalue weighted by Gasteiger charge is 2.17. The number of aliphatic carboxylic acids is 1. The molecule has 14 heavy (non-hydrogen) atoms. The molecule has 1 atom stereocenters. The first-order chi connectivity index (χ1) is 6.57. The standard InChI is InChI=1S/C8H15NO4S/c1-6(10)9-7(8(11)12)5-14-4-3-13-2/h7H,3-5H2,1-2H3,(H,9,10)(H,11,12). The number of ether oxygens (including phenoxy) is 1. The highest BCUT2D eigenvalue weighted by Crippen LogP contribution is 2.03. The van der Waals surface area contributed by atoms with Crippen LogP contribution >= 0.6 is 11.8 Å². The lowest BCUT2D eigenvalue weighted by Gasteiger charge is -2.12. The van der Waals surface area contributed by atoms with Crippen LogP contribution in [0.5, 0.6) is 0 Å². The van der Waals surface area contributed by atoms with E-state index in [1.54, 1.807) is 7.11 Å². The summed E-state index contributed by atoms with van der Waals surface area (Å²) >= 11 is 1.44. The third kappa shape index (κ3) is 6.73. The molecule has 0 spiro atoms. The van der Waals surface area contributed by atoms with Gasteiger partial charge in [0.25, 0.3) is 0 Å². The van der Waals surface area contributed by atoms with Crippen molar-refractivity contribution in [1.29, 1.82) is 0 Å². The number of nitrogens with one attached hydrogen (secondary N) is 1. The highest BCUT2D eigenvalue weighted by molar-refractivity contribution is 7.99. The normalized spacial score (nSPS) is 12.1. The predicted octanol–water partition coefficient (Wildman–Crippen LogP) is -0.0447. The van der Waals surface area contributed by atoms with Gasteiger partial charge < -0.3 is 15.2 Å². The first-order valence-corrected chi connectivity index (χ1v) is 5.30. The minimum absolute atomic E-state index is 0.329. The summed E-state index contributed by atoms with van der Waals surface area (Å²) < 4.78 is 4.81. The van der Waals surface area contributed by atoms with Crippen molar-refractivity contribution in [2.24, 2.45) is 0 Å². The van der Waals surface area contributed by atoms with Crippen molar-refractivity contribution in [2.75, 3.05) is 25.2 Å². The minimum Gasteiger partial charge on any atom is -0.480 e. The molecule has 6 heteroatoms. The zero-order valence-electron chi connectivity index (χ0n) is 8.28. The molecule has 1 amide bonds. The lowest BCUT2D eigenvalue weighted by molar-refractivity contribution is -0.140. The second kappa shape index (κ2) is 7.64. The van der Waals surface area contributed by atoms with Crippen LogP contribution in [-0.2, 0) is 14.3 Å². The van der Waals surface area contributed by atoms with Crippen molar-refractivity contribution in [2.45, 2.75) is 13.0 Å². The Labute approximate surface area is 87.2 Å². The van der Waals surface area contributed by atoms with Gasteiger partial charge in [0.2, 0.25) is 5.91 Å². The number of methoxy groups -OCH3 is 1. The van der Waals surface area contributed by atoms with E-state index in [1.165, 1.54) is 18.7 Å². The van der Waals surface area contributed by atoms with E-state index < -0.39 is 12.0 Å². The fourth-order valence-electron chi connectivity index (χ4n) is 0.763. The molecule has 0 saturated carbocycles. The van der Waals surface area contributed by atoms with Gasteiger partial charge in [0, 0.05) is 25.5 Å². The number of carbonyl (C=O) groups excluding carboxylic acids is 1. The molecule has 1 unspecified atom stereocenters. The Hall–Kier alpha value is -0.750. The van der Waals surface area contributed by atoms with Crippen LogP contribution in [0.15, 0.2) is 0 Å². The summed E-state index contributed by atoms with van der Waals surface area (Å²) in [5, 5.41) is 11.1. The zero-order valence-corrected chi connectivity index (χ0v) is 9.10. The van der Waals surface area contributed by atoms with Gasteiger partial charge >= 0.3 is 5.97 Å². The maximum atomic E-state index is 10.6. The molecular weight excluding hydrogens is 206 g/mol. The lowest BCUT2D eigenvalue weighted by Crippen LogP contribution is -2.41. The van der Waals surface area contributed by atoms with E-state index in [-0.39, 0.29) is 5.91 Å². The van der Waals surface area contributed by atoms with E-state index in [0.29, 0.717) is 12.4 Å². The SMILES string of the molecule is COCCSCC(NC(C)=O)C(=O)O. The van der Waals surface area contributed by atoms with Gasteiger partial charge in [0.05, 0.1) is 6.61 Å². The van der Waals surface area contributed by atoms with E-state index in [4.69, 9.17) is 9.84 Å². The molecule has 0 rings (SSSR count). The molecule has 0 fully saturated rings. The lowest BCUT2D eigenvalue weighted by atomic mass is 10.3. The minimum atomic E-state index is -1.01. The van der Waals surface area contributed by atoms with Crippen LogP contribution in [0.1, 0.15) is 6.92 Å². The molecule has 0 aliphatic heterocycles. The topological polar surface area (TPSA) is 75.6 Å². The predicted molar refractivity (Wildman–Crippen MR) is 54.4 cm³/mol. The Morgan fingerprint density at radius 3 is 2.64 bits per heavy atom. The van der Waals surface area contributed by atoms with Gasteiger partial charge in [-0.3, -0.25) is 4.79 Å². The molecule has 2 N–H and O–H groups in total. The molecule has 0 heterocycles. The summed E-state index contributed by atoms with van der Waals surface area (Å²) in [6.45, 7) is 1.88. The quantitative estimate of drug-likeness (QED) is 0.590. The Morgan fingerprint density at radius 2 is 2.21 bits per heavy atom. The maximum Gasteiger partial charge on any atom is 0.327 e. The van der Waals surface area contributed by atoms with Gasteiger partial charge in [-0.2, -0.15) is 11.8 Å². The van der Waals surface area contributed by atoms with Gasteiger partial charge in [-0.05, 0) is 0 Å². The number of hydrogen-bond donors (Lipinski definition) is 2. The summed E-state index contributed by atoms with van der Waals surface area (Å²) in [6.07, 6.45) is 0. The second-order valence-corrected chi connectivity index (χ2v) is 3.81. The van der Waals surface area contributed by atoms with Gasteiger partial charge in [-0.25, -0.2) is 4.79 Å². The summed E-state index contributed by atoms with van der Waals surface area (Å²) in [5.74, 6) is -0.257. The van der Waals surface area contributed by atoms with Crippen molar-refractivity contribution in [1.82, 2.24) is 5.32 Å². The van der Waals surface area contributed by atoms with Crippen molar-refractivity contribution in [3.8, 4) is 0 Å². The molecule has 0 aromatic rings. The van der Waals surface area contributed by atoms with Crippen LogP contribution in [0.25, 0.3) is 0 Å². The molecule has 0 radical (unpaired) electrons. The van der Waals surface area contributed by atoms with E-state index in [2.05, 4.69) is 5.32 Å². The largest absolute Gasteiger partial charge is 0.480 e. The third-order valence-corrected chi connectivity index (χ3v) is 2.42. The third-order valence-electron chi connectivity index (χ3n) is 1.39. The number of carboxylic acid groups (broad SMARTS) is 1. The van der Waals surface area contributed by atoms with Crippen LogP contribution < -0.4 is 5.32 Å². The maximum absolute atomic E-state index is 10.6. The molecule has 5 nitrogen and oxygen atoms in total.